The van der Waals surface area contributed by atoms with E-state index in [1.54, 1.807) is 18.3 Å². The van der Waals surface area contributed by atoms with Gasteiger partial charge in [0, 0.05) is 10.0 Å². The third kappa shape index (κ3) is 4.38. The van der Waals surface area contributed by atoms with E-state index < -0.39 is 0 Å². The lowest BCUT2D eigenvalue weighted by Crippen LogP contribution is -2.26. The molecule has 2 aromatic rings. The molecule has 0 spiro atoms. The van der Waals surface area contributed by atoms with Crippen LogP contribution < -0.4 is 5.32 Å². The van der Waals surface area contributed by atoms with Crippen LogP contribution in [0.3, 0.4) is 0 Å². The fraction of sp³-hybridized carbons (Fsp3) is 0.118. The third-order valence-corrected chi connectivity index (χ3v) is 5.06. The van der Waals surface area contributed by atoms with E-state index in [1.807, 2.05) is 36.4 Å². The number of hydrogen-bond acceptors (Lipinski definition) is 4. The van der Waals surface area contributed by atoms with E-state index in [4.69, 9.17) is 23.2 Å². The van der Waals surface area contributed by atoms with E-state index in [0.29, 0.717) is 21.6 Å². The Morgan fingerprint density at radius 1 is 1.12 bits per heavy atom. The molecule has 24 heavy (non-hydrogen) atoms. The monoisotopic (exact) mass is 377 g/mol. The molecule has 0 bridgehead atoms. The van der Waals surface area contributed by atoms with Gasteiger partial charge in [0.05, 0.1) is 11.5 Å². The van der Waals surface area contributed by atoms with Crippen molar-refractivity contribution in [3.05, 3.63) is 69.7 Å². The van der Waals surface area contributed by atoms with Crippen molar-refractivity contribution in [1.82, 2.24) is 5.32 Å². The lowest BCUT2D eigenvalue weighted by atomic mass is 10.1. The quantitative estimate of drug-likeness (QED) is 0.642. The molecule has 0 aliphatic carbocycles. The van der Waals surface area contributed by atoms with Gasteiger partial charge in [0.25, 0.3) is 0 Å². The summed E-state index contributed by atoms with van der Waals surface area (Å²) in [5.41, 5.74) is 1.82. The average Bonchev–Trinajstić information content (AvgIpc) is 2.91. The van der Waals surface area contributed by atoms with Gasteiger partial charge in [-0.25, -0.2) is 0 Å². The zero-order valence-electron chi connectivity index (χ0n) is 12.4. The minimum atomic E-state index is -0.255. The van der Waals surface area contributed by atoms with E-state index in [-0.39, 0.29) is 11.2 Å². The number of carbonyl (C=O) groups excluding carboxylic acids is 1. The van der Waals surface area contributed by atoms with Crippen LogP contribution >= 0.6 is 35.0 Å². The molecule has 1 atom stereocenters. The molecule has 1 heterocycles. The molecule has 0 aromatic heterocycles. The van der Waals surface area contributed by atoms with E-state index >= 15 is 0 Å². The SMILES string of the molecule is O=C1N/C(=N\N=Cc2ccc(Cl)cc2)SC1Cc1ccccc1Cl. The number of amidine groups is 1. The Labute approximate surface area is 154 Å². The van der Waals surface area contributed by atoms with Crippen LogP contribution in [-0.2, 0) is 11.2 Å². The van der Waals surface area contributed by atoms with Crippen molar-refractivity contribution in [3.63, 3.8) is 0 Å². The highest BCUT2D eigenvalue weighted by molar-refractivity contribution is 8.15. The minimum Gasteiger partial charge on any atom is -0.303 e. The Hall–Kier alpha value is -1.82. The molecule has 1 amide bonds. The standard InChI is InChI=1S/C17H13Cl2N3OS/c18-13-7-5-11(6-8-13)10-20-22-17-21-16(23)15(24-17)9-12-3-1-2-4-14(12)19/h1-8,10,15H,9H2,(H,21,22,23). The van der Waals surface area contributed by atoms with Crippen LogP contribution in [0.15, 0.2) is 58.7 Å². The van der Waals surface area contributed by atoms with Crippen LogP contribution in [0.4, 0.5) is 0 Å². The van der Waals surface area contributed by atoms with Gasteiger partial charge >= 0.3 is 0 Å². The Kier molecular flexibility index (Phi) is 5.56. The second-order valence-electron chi connectivity index (χ2n) is 5.09. The number of rotatable bonds is 4. The molecule has 4 nitrogen and oxygen atoms in total. The highest BCUT2D eigenvalue weighted by atomic mass is 35.5. The second kappa shape index (κ2) is 7.83. The topological polar surface area (TPSA) is 53.8 Å². The van der Waals surface area contributed by atoms with Gasteiger partial charge in [-0.3, -0.25) is 4.79 Å². The molecule has 7 heteroatoms. The number of benzene rings is 2. The van der Waals surface area contributed by atoms with Gasteiger partial charge in [-0.05, 0) is 35.7 Å². The third-order valence-electron chi connectivity index (χ3n) is 3.36. The van der Waals surface area contributed by atoms with Crippen molar-refractivity contribution in [2.45, 2.75) is 11.7 Å². The first kappa shape index (κ1) is 17.0. The first-order chi connectivity index (χ1) is 11.6. The Bertz CT molecular complexity index is 806. The number of nitrogens with zero attached hydrogens (tertiary/aromatic N) is 2. The summed E-state index contributed by atoms with van der Waals surface area (Å²) in [6.45, 7) is 0. The van der Waals surface area contributed by atoms with Crippen molar-refractivity contribution in [1.29, 1.82) is 0 Å². The fourth-order valence-corrected chi connectivity index (χ4v) is 3.44. The van der Waals surface area contributed by atoms with Crippen molar-refractivity contribution in [2.24, 2.45) is 10.2 Å². The number of amides is 1. The molecular formula is C17H13Cl2N3OS. The van der Waals surface area contributed by atoms with E-state index in [1.165, 1.54) is 11.8 Å². The van der Waals surface area contributed by atoms with Gasteiger partial charge in [-0.1, -0.05) is 65.3 Å². The van der Waals surface area contributed by atoms with Gasteiger partial charge in [0.1, 0.15) is 0 Å². The molecule has 3 rings (SSSR count). The summed E-state index contributed by atoms with van der Waals surface area (Å²) in [5.74, 6) is -0.0830. The van der Waals surface area contributed by atoms with Gasteiger partial charge in [-0.15, -0.1) is 5.10 Å². The molecule has 122 valence electrons. The molecule has 1 aliphatic heterocycles. The Morgan fingerprint density at radius 3 is 2.62 bits per heavy atom. The van der Waals surface area contributed by atoms with Crippen LogP contribution in [0.2, 0.25) is 10.0 Å². The molecule has 1 aliphatic rings. The predicted octanol–water partition coefficient (Wildman–Crippen LogP) is 4.16. The summed E-state index contributed by atoms with van der Waals surface area (Å²) < 4.78 is 0. The maximum Gasteiger partial charge on any atom is 0.239 e. The lowest BCUT2D eigenvalue weighted by Gasteiger charge is -2.06. The van der Waals surface area contributed by atoms with Crippen LogP contribution in [0.5, 0.6) is 0 Å². The summed E-state index contributed by atoms with van der Waals surface area (Å²) in [5, 5.41) is 12.4. The number of halogens is 2. The molecule has 0 saturated carbocycles. The maximum absolute atomic E-state index is 12.0. The average molecular weight is 378 g/mol. The molecular weight excluding hydrogens is 365 g/mol. The largest absolute Gasteiger partial charge is 0.303 e. The smallest absolute Gasteiger partial charge is 0.239 e. The Morgan fingerprint density at radius 2 is 1.88 bits per heavy atom. The first-order valence-electron chi connectivity index (χ1n) is 7.19. The number of thioether (sulfide) groups is 1. The fourth-order valence-electron chi connectivity index (χ4n) is 2.15. The van der Waals surface area contributed by atoms with Crippen molar-refractivity contribution in [2.75, 3.05) is 0 Å². The molecule has 1 fully saturated rings. The van der Waals surface area contributed by atoms with Gasteiger partial charge in [0.2, 0.25) is 5.91 Å². The van der Waals surface area contributed by atoms with Crippen LogP contribution in [0, 0.1) is 0 Å². The van der Waals surface area contributed by atoms with Gasteiger partial charge in [0.15, 0.2) is 5.17 Å². The van der Waals surface area contributed by atoms with Crippen LogP contribution in [-0.4, -0.2) is 22.5 Å². The maximum atomic E-state index is 12.0. The van der Waals surface area contributed by atoms with E-state index in [0.717, 1.165) is 11.1 Å². The lowest BCUT2D eigenvalue weighted by molar-refractivity contribution is -0.118. The molecule has 1 saturated heterocycles. The molecule has 1 N–H and O–H groups in total. The summed E-state index contributed by atoms with van der Waals surface area (Å²) in [6.07, 6.45) is 2.16. The summed E-state index contributed by atoms with van der Waals surface area (Å²) in [6, 6.07) is 14.8. The number of hydrogen-bond donors (Lipinski definition) is 1. The second-order valence-corrected chi connectivity index (χ2v) is 7.13. The summed E-state index contributed by atoms with van der Waals surface area (Å²) in [4.78, 5) is 12.0. The van der Waals surface area contributed by atoms with Crippen molar-refractivity contribution >= 4 is 52.3 Å². The predicted molar refractivity (Wildman–Crippen MR) is 101 cm³/mol. The van der Waals surface area contributed by atoms with Crippen molar-refractivity contribution in [3.8, 4) is 0 Å². The highest BCUT2D eigenvalue weighted by Crippen LogP contribution is 2.26. The summed E-state index contributed by atoms with van der Waals surface area (Å²) >= 11 is 13.3. The van der Waals surface area contributed by atoms with E-state index in [9.17, 15) is 4.79 Å². The van der Waals surface area contributed by atoms with Crippen LogP contribution in [0.25, 0.3) is 0 Å². The normalized spacial score (nSPS) is 19.2. The van der Waals surface area contributed by atoms with Crippen molar-refractivity contribution < 1.29 is 4.79 Å². The number of nitrogens with one attached hydrogen (secondary N) is 1. The molecule has 2 aromatic carbocycles. The van der Waals surface area contributed by atoms with E-state index in [2.05, 4.69) is 15.5 Å². The zero-order valence-corrected chi connectivity index (χ0v) is 14.8. The highest BCUT2D eigenvalue weighted by Gasteiger charge is 2.30. The van der Waals surface area contributed by atoms with Crippen LogP contribution in [0.1, 0.15) is 11.1 Å². The minimum absolute atomic E-state index is 0.0830. The van der Waals surface area contributed by atoms with Gasteiger partial charge < -0.3 is 5.32 Å². The molecule has 1 unspecified atom stereocenters. The summed E-state index contributed by atoms with van der Waals surface area (Å²) in [7, 11) is 0. The number of carbonyl (C=O) groups is 1. The molecule has 0 radical (unpaired) electrons. The zero-order chi connectivity index (χ0) is 16.9. The first-order valence-corrected chi connectivity index (χ1v) is 8.83. The Balaban J connectivity index is 1.63. The van der Waals surface area contributed by atoms with Gasteiger partial charge in [-0.2, -0.15) is 5.10 Å².